The average Bonchev–Trinajstić information content (AvgIpc) is 2.46. The van der Waals surface area contributed by atoms with Crippen molar-refractivity contribution in [2.24, 2.45) is 0 Å². The van der Waals surface area contributed by atoms with Crippen molar-refractivity contribution in [2.75, 3.05) is 0 Å². The molecule has 0 saturated heterocycles. The Morgan fingerprint density at radius 3 is 2.17 bits per heavy atom. The van der Waals surface area contributed by atoms with Crippen LogP contribution in [-0.4, -0.2) is 6.29 Å². The van der Waals surface area contributed by atoms with Crippen LogP contribution >= 0.6 is 0 Å². The van der Waals surface area contributed by atoms with E-state index >= 15 is 0 Å². The molecule has 0 heterocycles. The lowest BCUT2D eigenvalue weighted by atomic mass is 9.98. The summed E-state index contributed by atoms with van der Waals surface area (Å²) in [6.07, 6.45) is 4.99. The molecule has 4 bridgehead atoms. The van der Waals surface area contributed by atoms with E-state index in [1.54, 1.807) is 0 Å². The van der Waals surface area contributed by atoms with Crippen molar-refractivity contribution in [3.63, 3.8) is 0 Å². The highest BCUT2D eigenvalue weighted by Gasteiger charge is 2.07. The van der Waals surface area contributed by atoms with Crippen molar-refractivity contribution in [1.29, 1.82) is 0 Å². The van der Waals surface area contributed by atoms with Crippen LogP contribution in [0, 0.1) is 0 Å². The van der Waals surface area contributed by atoms with Gasteiger partial charge in [0.2, 0.25) is 0 Å². The minimum absolute atomic E-state index is 0.863. The second-order valence-electron chi connectivity index (χ2n) is 4.97. The molecule has 0 aliphatic heterocycles. The molecule has 0 amide bonds. The second-order valence-corrected chi connectivity index (χ2v) is 4.97. The highest BCUT2D eigenvalue weighted by atomic mass is 16.1. The zero-order chi connectivity index (χ0) is 12.4. The van der Waals surface area contributed by atoms with E-state index in [1.807, 2.05) is 0 Å². The van der Waals surface area contributed by atoms with E-state index in [4.69, 9.17) is 0 Å². The first kappa shape index (κ1) is 11.2. The summed E-state index contributed by atoms with van der Waals surface area (Å²) in [5.41, 5.74) is 6.05. The molecule has 0 atom stereocenters. The van der Waals surface area contributed by atoms with Crippen molar-refractivity contribution in [3.05, 3.63) is 70.3 Å². The molecule has 90 valence electrons. The Morgan fingerprint density at radius 1 is 0.778 bits per heavy atom. The topological polar surface area (TPSA) is 17.1 Å². The Kier molecular flexibility index (Phi) is 2.97. The number of rotatable bonds is 1. The van der Waals surface area contributed by atoms with Gasteiger partial charge in [-0.2, -0.15) is 0 Å². The van der Waals surface area contributed by atoms with Gasteiger partial charge in [-0.05, 0) is 54.0 Å². The SMILES string of the molecule is O=Cc1cc2ccc1CCc1cccc(c1)CC2. The minimum atomic E-state index is 0.863. The standard InChI is InChI=1S/C17H16O/c18-12-17-11-15-5-4-13-2-1-3-14(10-13)6-8-16(17)9-7-15/h1-3,7,9-12H,4-6,8H2. The third kappa shape index (κ3) is 2.21. The van der Waals surface area contributed by atoms with E-state index in [-0.39, 0.29) is 0 Å². The zero-order valence-electron chi connectivity index (χ0n) is 10.4. The molecule has 2 aromatic carbocycles. The van der Waals surface area contributed by atoms with Crippen molar-refractivity contribution in [2.45, 2.75) is 25.7 Å². The van der Waals surface area contributed by atoms with Gasteiger partial charge >= 0.3 is 0 Å². The number of fused-ring (bicyclic) bond motifs is 4. The fourth-order valence-corrected chi connectivity index (χ4v) is 2.65. The largest absolute Gasteiger partial charge is 0.298 e. The molecule has 0 spiro atoms. The van der Waals surface area contributed by atoms with Crippen LogP contribution in [0.2, 0.25) is 0 Å². The third-order valence-electron chi connectivity index (χ3n) is 3.71. The van der Waals surface area contributed by atoms with Gasteiger partial charge in [0.1, 0.15) is 6.29 Å². The monoisotopic (exact) mass is 236 g/mol. The van der Waals surface area contributed by atoms with Crippen molar-refractivity contribution >= 4 is 6.29 Å². The van der Waals surface area contributed by atoms with Crippen LogP contribution in [0.25, 0.3) is 0 Å². The lowest BCUT2D eigenvalue weighted by Gasteiger charge is -2.06. The number of aryl methyl sites for hydroxylation is 4. The Labute approximate surface area is 107 Å². The highest BCUT2D eigenvalue weighted by Crippen LogP contribution is 2.18. The summed E-state index contributed by atoms with van der Waals surface area (Å²) < 4.78 is 0. The number of hydrogen-bond acceptors (Lipinski definition) is 1. The van der Waals surface area contributed by atoms with Crippen LogP contribution in [0.4, 0.5) is 0 Å². The Bertz CT molecular complexity index is 584. The smallest absolute Gasteiger partial charge is 0.150 e. The summed E-state index contributed by atoms with van der Waals surface area (Å²) in [7, 11) is 0. The van der Waals surface area contributed by atoms with Gasteiger partial charge in [-0.25, -0.2) is 0 Å². The van der Waals surface area contributed by atoms with Gasteiger partial charge in [-0.1, -0.05) is 36.4 Å². The lowest BCUT2D eigenvalue weighted by molar-refractivity contribution is 0.112. The van der Waals surface area contributed by atoms with Crippen LogP contribution in [0.3, 0.4) is 0 Å². The number of carbonyl (C=O) groups excluding carboxylic acids is 1. The number of aldehydes is 1. The van der Waals surface area contributed by atoms with E-state index < -0.39 is 0 Å². The first-order valence-electron chi connectivity index (χ1n) is 6.50. The molecule has 2 aromatic rings. The molecule has 4 rings (SSSR count). The van der Waals surface area contributed by atoms with E-state index in [0.717, 1.165) is 37.5 Å². The van der Waals surface area contributed by atoms with Gasteiger partial charge in [0.25, 0.3) is 0 Å². The molecule has 0 aromatic heterocycles. The Balaban J connectivity index is 2.04. The number of carbonyl (C=O) groups is 1. The van der Waals surface area contributed by atoms with Crippen LogP contribution in [0.1, 0.15) is 32.6 Å². The van der Waals surface area contributed by atoms with Gasteiger partial charge < -0.3 is 0 Å². The van der Waals surface area contributed by atoms with E-state index in [2.05, 4.69) is 42.5 Å². The van der Waals surface area contributed by atoms with Gasteiger partial charge in [-0.15, -0.1) is 0 Å². The predicted octanol–water partition coefficient (Wildman–Crippen LogP) is 3.38. The third-order valence-corrected chi connectivity index (χ3v) is 3.71. The van der Waals surface area contributed by atoms with E-state index in [1.165, 1.54) is 22.3 Å². The van der Waals surface area contributed by atoms with Crippen LogP contribution in [0.15, 0.2) is 42.5 Å². The highest BCUT2D eigenvalue weighted by molar-refractivity contribution is 5.77. The molecule has 2 aliphatic carbocycles. The van der Waals surface area contributed by atoms with Crippen LogP contribution in [-0.2, 0) is 25.7 Å². The number of benzene rings is 2. The summed E-state index contributed by atoms with van der Waals surface area (Å²) in [5, 5.41) is 0. The average molecular weight is 236 g/mol. The first-order valence-corrected chi connectivity index (χ1v) is 6.50. The second kappa shape index (κ2) is 4.77. The summed E-state index contributed by atoms with van der Waals surface area (Å²) in [5.74, 6) is 0. The van der Waals surface area contributed by atoms with Crippen molar-refractivity contribution < 1.29 is 4.79 Å². The number of hydrogen-bond donors (Lipinski definition) is 0. The van der Waals surface area contributed by atoms with Gasteiger partial charge in [0.15, 0.2) is 0 Å². The van der Waals surface area contributed by atoms with E-state index in [0.29, 0.717) is 0 Å². The molecular weight excluding hydrogens is 220 g/mol. The molecule has 0 unspecified atom stereocenters. The Morgan fingerprint density at radius 2 is 1.44 bits per heavy atom. The summed E-state index contributed by atoms with van der Waals surface area (Å²) in [6, 6.07) is 15.1. The zero-order valence-corrected chi connectivity index (χ0v) is 10.4. The molecule has 1 nitrogen and oxygen atoms in total. The Hall–Kier alpha value is -1.89. The van der Waals surface area contributed by atoms with Crippen molar-refractivity contribution in [3.8, 4) is 0 Å². The fraction of sp³-hybridized carbons (Fsp3) is 0.235. The molecule has 0 saturated carbocycles. The predicted molar refractivity (Wildman–Crippen MR) is 73.1 cm³/mol. The quantitative estimate of drug-likeness (QED) is 0.694. The molecular formula is C17H16O. The fourth-order valence-electron chi connectivity index (χ4n) is 2.65. The molecule has 18 heavy (non-hydrogen) atoms. The van der Waals surface area contributed by atoms with Crippen molar-refractivity contribution in [1.82, 2.24) is 0 Å². The minimum Gasteiger partial charge on any atom is -0.298 e. The molecule has 0 fully saturated rings. The molecule has 2 aliphatic rings. The maximum atomic E-state index is 11.2. The van der Waals surface area contributed by atoms with Gasteiger partial charge in [-0.3, -0.25) is 4.79 Å². The lowest BCUT2D eigenvalue weighted by Crippen LogP contribution is -1.97. The first-order chi connectivity index (χ1) is 8.85. The van der Waals surface area contributed by atoms with Gasteiger partial charge in [0, 0.05) is 5.56 Å². The van der Waals surface area contributed by atoms with Crippen LogP contribution in [0.5, 0.6) is 0 Å². The van der Waals surface area contributed by atoms with E-state index in [9.17, 15) is 4.79 Å². The summed E-state index contributed by atoms with van der Waals surface area (Å²) in [6.45, 7) is 0. The maximum Gasteiger partial charge on any atom is 0.150 e. The summed E-state index contributed by atoms with van der Waals surface area (Å²) >= 11 is 0. The molecule has 0 radical (unpaired) electrons. The van der Waals surface area contributed by atoms with Crippen LogP contribution < -0.4 is 0 Å². The normalized spacial score (nSPS) is 14.0. The molecule has 1 heteroatoms. The van der Waals surface area contributed by atoms with Gasteiger partial charge in [0.05, 0.1) is 0 Å². The summed E-state index contributed by atoms with van der Waals surface area (Å²) in [4.78, 5) is 11.2. The maximum absolute atomic E-state index is 11.2. The molecule has 0 N–H and O–H groups in total.